The van der Waals surface area contributed by atoms with Crippen LogP contribution in [0, 0.1) is 18.7 Å². The first kappa shape index (κ1) is 54.7. The average molecular weight is 1120 g/mol. The molecule has 80 heavy (non-hydrogen) atoms. The number of carbonyl (C=O) groups excluding carboxylic acids is 2. The number of nitrogens with one attached hydrogen (secondary N) is 1. The monoisotopic (exact) mass is 1120 g/mol. The van der Waals surface area contributed by atoms with Crippen molar-refractivity contribution in [3.05, 3.63) is 89.1 Å². The molecular weight excluding hydrogens is 1050 g/mol. The molecule has 11 rings (SSSR count). The number of methoxy groups -OCH3 is 1. The van der Waals surface area contributed by atoms with E-state index in [1.165, 1.54) is 29.4 Å². The van der Waals surface area contributed by atoms with E-state index in [4.69, 9.17) is 29.2 Å². The van der Waals surface area contributed by atoms with Crippen LogP contribution in [0.2, 0.25) is 0 Å². The number of thiazole rings is 1. The number of β-amino-alcohol motifs (C(OH)–C–C–N with tert-alkyl or cyclic N) is 1. The summed E-state index contributed by atoms with van der Waals surface area (Å²) in [4.78, 5) is 50.5. The number of nitrogen functional groups attached to an aromatic ring is 1. The number of aromatic nitrogens is 6. The Balaban J connectivity index is 0.609. The van der Waals surface area contributed by atoms with Crippen molar-refractivity contribution >= 4 is 40.3 Å². The number of aromatic hydroxyl groups is 1. The topological polar surface area (TPSA) is 253 Å². The van der Waals surface area contributed by atoms with Gasteiger partial charge in [-0.15, -0.1) is 21.5 Å². The predicted octanol–water partition coefficient (Wildman–Crippen LogP) is 6.70. The molecule has 424 valence electrons. The molecule has 5 aliphatic rings. The zero-order valence-corrected chi connectivity index (χ0v) is 46.4. The number of fused-ring (bicyclic) bond motifs is 2. The highest BCUT2D eigenvalue weighted by Crippen LogP contribution is 2.41. The maximum atomic E-state index is 15.5. The summed E-state index contributed by atoms with van der Waals surface area (Å²) in [6.07, 6.45) is 6.84. The zero-order valence-electron chi connectivity index (χ0n) is 45.6. The summed E-state index contributed by atoms with van der Waals surface area (Å²) >= 11 is 1.27. The van der Waals surface area contributed by atoms with Gasteiger partial charge in [-0.3, -0.25) is 14.5 Å². The van der Waals surface area contributed by atoms with Crippen LogP contribution in [0.3, 0.4) is 0 Å². The maximum Gasteiger partial charge on any atom is 0.254 e. The van der Waals surface area contributed by atoms with Gasteiger partial charge >= 0.3 is 0 Å². The number of para-hydroxylation sites is 1. The number of phenolic OH excluding ortho intramolecular Hbond substituents is 1. The predicted molar refractivity (Wildman–Crippen MR) is 296 cm³/mol. The molecule has 1 aliphatic carbocycles. The van der Waals surface area contributed by atoms with Gasteiger partial charge in [0.15, 0.2) is 17.4 Å². The molecule has 1 saturated carbocycles. The van der Waals surface area contributed by atoms with Gasteiger partial charge in [-0.1, -0.05) is 26.0 Å². The standard InChI is InChI=1S/C57H69FN12O9S/c1-31(2)51(57(74)69-29-37(71)21-46(69)55(73)62-32(3)42-24-43(58)52(63-56(42)75-5)53-33(4)61-30-80-53)48-26-50(66-79-48)76-19-18-67-16-13-38(14-17-67)77-39-22-40(23-39)78-49-20-34(12-15-60-49)70-35-10-11-36(70)28-68(27-35)45-25-44(64-65-54(45)59)41-8-6-7-9-47(41)72/h6-9,12,15,20,24-26,30-32,35-40,46,51,71-72H,10-11,13-14,16-19,21-23,27-29H2,1-5H3,(H2,59,65)(H,62,73)/t32-,35?,36?,37-,39?,40?,46+,51+/m1/s1. The minimum Gasteiger partial charge on any atom is -0.507 e. The van der Waals surface area contributed by atoms with Crippen LogP contribution in [0.25, 0.3) is 21.8 Å². The summed E-state index contributed by atoms with van der Waals surface area (Å²) in [6.45, 7) is 11.5. The van der Waals surface area contributed by atoms with Crippen LogP contribution in [0.15, 0.2) is 70.8 Å². The van der Waals surface area contributed by atoms with Crippen LogP contribution in [-0.4, -0.2) is 158 Å². The van der Waals surface area contributed by atoms with E-state index in [0.29, 0.717) is 58.0 Å². The molecule has 23 heteroatoms. The number of phenols is 1. The van der Waals surface area contributed by atoms with Gasteiger partial charge in [0, 0.05) is 106 Å². The largest absolute Gasteiger partial charge is 0.507 e. The number of nitrogens with two attached hydrogens (primary N) is 1. The number of halogens is 1. The third-order valence-corrected chi connectivity index (χ3v) is 17.2. The Kier molecular flexibility index (Phi) is 16.1. The van der Waals surface area contributed by atoms with Gasteiger partial charge < -0.3 is 59.4 Å². The van der Waals surface area contributed by atoms with Crippen LogP contribution < -0.4 is 35.1 Å². The minimum absolute atomic E-state index is 0.0270. The molecule has 5 aromatic heterocycles. The van der Waals surface area contributed by atoms with E-state index in [0.717, 1.165) is 76.1 Å². The first-order valence-electron chi connectivity index (χ1n) is 27.7. The molecule has 0 spiro atoms. The van der Waals surface area contributed by atoms with Crippen LogP contribution >= 0.6 is 11.3 Å². The van der Waals surface area contributed by atoms with Crippen LogP contribution in [0.1, 0.15) is 94.7 Å². The number of anilines is 3. The molecular formula is C57H69FN12O9S. The summed E-state index contributed by atoms with van der Waals surface area (Å²) in [6, 6.07) is 14.9. The highest BCUT2D eigenvalue weighted by molar-refractivity contribution is 7.13. The lowest BCUT2D eigenvalue weighted by molar-refractivity contribution is -0.141. The summed E-state index contributed by atoms with van der Waals surface area (Å²) in [5.74, 6) is -0.678. The van der Waals surface area contributed by atoms with E-state index in [-0.39, 0.29) is 78.4 Å². The Bertz CT molecular complexity index is 3160. The Hall–Kier alpha value is -7.21. The SMILES string of the molecule is COc1nc(-c2scnc2C)c(F)cc1[C@@H](C)NC(=O)[C@@H]1C[C@@H](O)CN1C(=O)[C@H](c1cc(OCCN2CCC(OC3CC(Oc4cc(N5C6CCC5CN(c5cc(-c7ccccc7O)nnc5N)C6)ccn4)C3)CC2)no1)C(C)C. The number of likely N-dealkylation sites (tertiary alicyclic amines) is 2. The van der Waals surface area contributed by atoms with Crippen molar-refractivity contribution in [1.29, 1.82) is 0 Å². The molecule has 6 atom stereocenters. The number of aliphatic hydroxyl groups excluding tert-OH is 1. The molecule has 2 amide bonds. The number of aliphatic hydroxyl groups is 1. The molecule has 6 aromatic rings. The molecule has 9 heterocycles. The van der Waals surface area contributed by atoms with Crippen molar-refractivity contribution in [1.82, 2.24) is 45.4 Å². The van der Waals surface area contributed by atoms with Crippen molar-refractivity contribution in [2.45, 2.75) is 127 Å². The average Bonchev–Trinajstić information content (AvgIpc) is 4.30. The van der Waals surface area contributed by atoms with Crippen molar-refractivity contribution < 1.29 is 47.7 Å². The number of nitrogens with zero attached hydrogens (tertiary/aromatic N) is 10. The zero-order chi connectivity index (χ0) is 55.8. The molecule has 5 fully saturated rings. The number of piperidine rings is 1. The van der Waals surface area contributed by atoms with Crippen LogP contribution in [-0.2, 0) is 14.3 Å². The fourth-order valence-electron chi connectivity index (χ4n) is 12.1. The summed E-state index contributed by atoms with van der Waals surface area (Å²) in [5, 5.41) is 36.8. The molecule has 1 aromatic carbocycles. The molecule has 2 bridgehead atoms. The number of ether oxygens (including phenoxy) is 4. The fourth-order valence-corrected chi connectivity index (χ4v) is 12.9. The number of rotatable bonds is 19. The van der Waals surface area contributed by atoms with E-state index in [1.54, 1.807) is 37.6 Å². The van der Waals surface area contributed by atoms with Crippen molar-refractivity contribution in [2.24, 2.45) is 5.92 Å². The normalized spacial score (nSPS) is 23.0. The second-order valence-corrected chi connectivity index (χ2v) is 22.9. The number of pyridine rings is 2. The van der Waals surface area contributed by atoms with Gasteiger partial charge in [-0.2, -0.15) is 0 Å². The van der Waals surface area contributed by atoms with Gasteiger partial charge in [0.25, 0.3) is 5.88 Å². The summed E-state index contributed by atoms with van der Waals surface area (Å²) in [7, 11) is 1.42. The lowest BCUT2D eigenvalue weighted by atomic mass is 9.91. The van der Waals surface area contributed by atoms with Crippen molar-refractivity contribution in [3.8, 4) is 45.2 Å². The van der Waals surface area contributed by atoms with Crippen molar-refractivity contribution in [3.63, 3.8) is 0 Å². The number of hydrogen-bond donors (Lipinski definition) is 4. The highest BCUT2D eigenvalue weighted by atomic mass is 32.1. The second-order valence-electron chi connectivity index (χ2n) is 22.0. The molecule has 2 unspecified atom stereocenters. The van der Waals surface area contributed by atoms with Gasteiger partial charge in [-0.25, -0.2) is 19.3 Å². The van der Waals surface area contributed by atoms with Gasteiger partial charge in [0.2, 0.25) is 23.6 Å². The molecule has 4 aliphatic heterocycles. The number of benzene rings is 1. The Morgan fingerprint density at radius 1 is 0.938 bits per heavy atom. The van der Waals surface area contributed by atoms with Crippen molar-refractivity contribution in [2.75, 3.05) is 68.5 Å². The smallest absolute Gasteiger partial charge is 0.254 e. The lowest BCUT2D eigenvalue weighted by Gasteiger charge is -2.43. The Morgan fingerprint density at radius 2 is 1.71 bits per heavy atom. The van der Waals surface area contributed by atoms with E-state index >= 15 is 4.39 Å². The summed E-state index contributed by atoms with van der Waals surface area (Å²) in [5.41, 5.74) is 12.2. The number of amides is 2. The first-order chi connectivity index (χ1) is 38.7. The maximum absolute atomic E-state index is 15.5. The third kappa shape index (κ3) is 11.5. The highest BCUT2D eigenvalue weighted by Gasteiger charge is 2.45. The molecule has 4 saturated heterocycles. The quantitative estimate of drug-likeness (QED) is 0.0659. The lowest BCUT2D eigenvalue weighted by Crippen LogP contribution is -2.54. The number of piperazine rings is 1. The Morgan fingerprint density at radius 3 is 2.44 bits per heavy atom. The molecule has 5 N–H and O–H groups in total. The molecule has 0 radical (unpaired) electrons. The summed E-state index contributed by atoms with van der Waals surface area (Å²) < 4.78 is 45.7. The number of carbonyl (C=O) groups is 2. The van der Waals surface area contributed by atoms with Gasteiger partial charge in [-0.05, 0) is 80.9 Å². The number of hydrogen-bond acceptors (Lipinski definition) is 20. The third-order valence-electron chi connectivity index (χ3n) is 16.3. The second kappa shape index (κ2) is 23.5. The van der Waals surface area contributed by atoms with E-state index in [1.807, 2.05) is 38.2 Å². The van der Waals surface area contributed by atoms with E-state index in [2.05, 4.69) is 62.5 Å². The van der Waals surface area contributed by atoms with E-state index in [9.17, 15) is 19.8 Å². The van der Waals surface area contributed by atoms with E-state index < -0.39 is 35.8 Å². The fraction of sp³-hybridized carbons (Fsp3) is 0.509. The molecule has 21 nitrogen and oxygen atoms in total. The van der Waals surface area contributed by atoms with Gasteiger partial charge in [0.05, 0.1) is 58.9 Å². The van der Waals surface area contributed by atoms with Gasteiger partial charge in [0.1, 0.15) is 36.1 Å². The minimum atomic E-state index is -0.993. The first-order valence-corrected chi connectivity index (χ1v) is 28.5. The van der Waals surface area contributed by atoms with Crippen LogP contribution in [0.5, 0.6) is 23.4 Å². The number of aryl methyl sites for hydroxylation is 1. The van der Waals surface area contributed by atoms with Crippen LogP contribution in [0.4, 0.5) is 21.6 Å². The Labute approximate surface area is 467 Å².